The van der Waals surface area contributed by atoms with Crippen LogP contribution in [0.5, 0.6) is 0 Å². The molecule has 6 nitrogen and oxygen atoms in total. The van der Waals surface area contributed by atoms with E-state index in [0.717, 1.165) is 89.9 Å². The van der Waals surface area contributed by atoms with Crippen LogP contribution in [0.4, 0.5) is 0 Å². The summed E-state index contributed by atoms with van der Waals surface area (Å²) in [5.74, 6) is -1.07. The van der Waals surface area contributed by atoms with E-state index in [1.165, 1.54) is 89.9 Å². The highest BCUT2D eigenvalue weighted by atomic mass is 16.6. The molecule has 0 aromatic rings. The fourth-order valence-electron chi connectivity index (χ4n) is 7.05. The minimum atomic E-state index is -0.842. The highest BCUT2D eigenvalue weighted by Gasteiger charge is 2.19. The lowest BCUT2D eigenvalue weighted by Gasteiger charge is -2.18. The first-order chi connectivity index (χ1) is 33.5. The minimum Gasteiger partial charge on any atom is -0.462 e. The van der Waals surface area contributed by atoms with Crippen LogP contribution in [0.1, 0.15) is 233 Å². The topological polar surface area (TPSA) is 78.9 Å². The van der Waals surface area contributed by atoms with Gasteiger partial charge in [-0.3, -0.25) is 14.4 Å². The zero-order valence-corrected chi connectivity index (χ0v) is 43.8. The van der Waals surface area contributed by atoms with Crippen molar-refractivity contribution in [2.24, 2.45) is 0 Å². The smallest absolute Gasteiger partial charge is 0.306 e. The van der Waals surface area contributed by atoms with Crippen LogP contribution in [0.2, 0.25) is 0 Å². The van der Waals surface area contributed by atoms with E-state index in [2.05, 4.69) is 142 Å². The zero-order valence-electron chi connectivity index (χ0n) is 43.8. The van der Waals surface area contributed by atoms with Gasteiger partial charge in [0.05, 0.1) is 0 Å². The molecule has 1 atom stereocenters. The average molecular weight is 941 g/mol. The number of hydrogen-bond donors (Lipinski definition) is 0. The molecule has 6 heteroatoms. The van der Waals surface area contributed by atoms with Gasteiger partial charge in [0, 0.05) is 19.3 Å². The summed E-state index contributed by atoms with van der Waals surface area (Å²) in [5, 5.41) is 0. The van der Waals surface area contributed by atoms with E-state index in [1.54, 1.807) is 0 Å². The molecule has 0 aromatic carbocycles. The predicted molar refractivity (Wildman–Crippen MR) is 293 cm³/mol. The summed E-state index contributed by atoms with van der Waals surface area (Å²) in [4.78, 5) is 38.0. The van der Waals surface area contributed by atoms with E-state index < -0.39 is 6.10 Å². The van der Waals surface area contributed by atoms with E-state index in [4.69, 9.17) is 14.2 Å². The first kappa shape index (κ1) is 63.8. The van der Waals surface area contributed by atoms with Crippen molar-refractivity contribution < 1.29 is 28.6 Å². The second-order valence-corrected chi connectivity index (χ2v) is 17.7. The lowest BCUT2D eigenvalue weighted by molar-refractivity contribution is -0.167. The quantitative estimate of drug-likeness (QED) is 0.0262. The standard InChI is InChI=1S/C62H100O6/c1-4-7-10-13-16-19-22-25-28-31-34-37-40-43-46-49-52-55-61(64)67-58-59(57-66-60(63)54-51-48-45-42-39-36-33-30-27-24-21-18-15-12-9-6-3)68-62(65)56-53-50-47-44-41-38-35-32-29-26-23-20-17-14-11-8-5-2/h9,12,18,21,25-30,34-39,43-44,46-47,59H,4-8,10-11,13-17,19-20,22-24,31-33,40-42,45,48-58H2,1-3H3/b12-9-,21-18-,28-25-,29-26-,30-27-,37-34-,38-35-,39-36-,46-43-,47-44-. The van der Waals surface area contributed by atoms with Crippen LogP contribution in [0.3, 0.4) is 0 Å². The lowest BCUT2D eigenvalue weighted by Crippen LogP contribution is -2.30. The zero-order chi connectivity index (χ0) is 49.3. The number of esters is 3. The maximum absolute atomic E-state index is 12.8. The Bertz CT molecular complexity index is 1450. The summed E-state index contributed by atoms with van der Waals surface area (Å²) in [6.45, 7) is 6.39. The van der Waals surface area contributed by atoms with Crippen LogP contribution in [-0.2, 0) is 28.6 Å². The second kappa shape index (κ2) is 55.4. The van der Waals surface area contributed by atoms with E-state index in [0.29, 0.717) is 19.3 Å². The lowest BCUT2D eigenvalue weighted by atomic mass is 10.1. The fourth-order valence-corrected chi connectivity index (χ4v) is 7.05. The van der Waals surface area contributed by atoms with Gasteiger partial charge in [-0.05, 0) is 122 Å². The Morgan fingerprint density at radius 3 is 0.956 bits per heavy atom. The molecule has 0 aliphatic heterocycles. The molecule has 0 saturated carbocycles. The monoisotopic (exact) mass is 941 g/mol. The highest BCUT2D eigenvalue weighted by Crippen LogP contribution is 2.11. The van der Waals surface area contributed by atoms with E-state index in [-0.39, 0.29) is 44.0 Å². The van der Waals surface area contributed by atoms with Gasteiger partial charge < -0.3 is 14.2 Å². The first-order valence-electron chi connectivity index (χ1n) is 27.5. The molecule has 0 bridgehead atoms. The van der Waals surface area contributed by atoms with Crippen molar-refractivity contribution in [1.29, 1.82) is 0 Å². The maximum Gasteiger partial charge on any atom is 0.306 e. The Balaban J connectivity index is 4.61. The third-order valence-electron chi connectivity index (χ3n) is 11.2. The highest BCUT2D eigenvalue weighted by molar-refractivity contribution is 5.71. The van der Waals surface area contributed by atoms with Gasteiger partial charge in [0.2, 0.25) is 0 Å². The van der Waals surface area contributed by atoms with Gasteiger partial charge in [0.15, 0.2) is 6.10 Å². The summed E-state index contributed by atoms with van der Waals surface area (Å²) >= 11 is 0. The van der Waals surface area contributed by atoms with E-state index >= 15 is 0 Å². The number of allylic oxidation sites excluding steroid dienone is 20. The Morgan fingerprint density at radius 2 is 0.588 bits per heavy atom. The van der Waals surface area contributed by atoms with Crippen molar-refractivity contribution in [3.8, 4) is 0 Å². The van der Waals surface area contributed by atoms with Crippen molar-refractivity contribution in [2.75, 3.05) is 13.2 Å². The van der Waals surface area contributed by atoms with Crippen molar-refractivity contribution in [2.45, 2.75) is 239 Å². The molecule has 0 aliphatic rings. The predicted octanol–water partition coefficient (Wildman–Crippen LogP) is 18.5. The van der Waals surface area contributed by atoms with Gasteiger partial charge in [0.25, 0.3) is 0 Å². The Kier molecular flexibility index (Phi) is 52.0. The van der Waals surface area contributed by atoms with Gasteiger partial charge in [-0.1, -0.05) is 213 Å². The molecule has 0 spiro atoms. The second-order valence-electron chi connectivity index (χ2n) is 17.7. The fraction of sp³-hybridized carbons (Fsp3) is 0.629. The number of carbonyl (C=O) groups excluding carboxylic acids is 3. The Hall–Kier alpha value is -4.19. The van der Waals surface area contributed by atoms with Gasteiger partial charge in [0.1, 0.15) is 13.2 Å². The number of unbranched alkanes of at least 4 members (excludes halogenated alkanes) is 17. The van der Waals surface area contributed by atoms with Crippen molar-refractivity contribution >= 4 is 17.9 Å². The van der Waals surface area contributed by atoms with Crippen molar-refractivity contribution in [1.82, 2.24) is 0 Å². The van der Waals surface area contributed by atoms with Crippen LogP contribution in [0, 0.1) is 0 Å². The van der Waals surface area contributed by atoms with E-state index in [9.17, 15) is 14.4 Å². The Morgan fingerprint density at radius 1 is 0.309 bits per heavy atom. The SMILES string of the molecule is CC/C=C\C/C=C\C/C=C\C/C=C\CCCCCC(=O)OCC(COC(=O)CCC/C=C\C/C=C\C/C=C\CCCCCCCC)OC(=O)CCC/C=C\C/C=C\C/C=C\CCCCCCCC. The summed E-state index contributed by atoms with van der Waals surface area (Å²) < 4.78 is 16.7. The molecule has 0 amide bonds. The van der Waals surface area contributed by atoms with Crippen LogP contribution < -0.4 is 0 Å². The maximum atomic E-state index is 12.8. The summed E-state index contributed by atoms with van der Waals surface area (Å²) in [7, 11) is 0. The average Bonchev–Trinajstić information content (AvgIpc) is 3.34. The number of carbonyl (C=O) groups is 3. The van der Waals surface area contributed by atoms with Gasteiger partial charge >= 0.3 is 17.9 Å². The molecular formula is C62H100O6. The summed E-state index contributed by atoms with van der Waals surface area (Å²) in [6.07, 6.45) is 76.3. The van der Waals surface area contributed by atoms with Crippen molar-refractivity contribution in [3.05, 3.63) is 122 Å². The molecule has 0 saturated heterocycles. The summed E-state index contributed by atoms with van der Waals surface area (Å²) in [5.41, 5.74) is 0. The van der Waals surface area contributed by atoms with Gasteiger partial charge in [-0.25, -0.2) is 0 Å². The number of hydrogen-bond acceptors (Lipinski definition) is 6. The molecule has 0 radical (unpaired) electrons. The molecule has 0 heterocycles. The largest absolute Gasteiger partial charge is 0.462 e. The third kappa shape index (κ3) is 52.8. The minimum absolute atomic E-state index is 0.133. The van der Waals surface area contributed by atoms with Gasteiger partial charge in [-0.15, -0.1) is 0 Å². The van der Waals surface area contributed by atoms with Crippen LogP contribution in [0.15, 0.2) is 122 Å². The Labute approximate surface area is 418 Å². The van der Waals surface area contributed by atoms with Crippen LogP contribution in [0.25, 0.3) is 0 Å². The van der Waals surface area contributed by atoms with Crippen molar-refractivity contribution in [3.63, 3.8) is 0 Å². The molecule has 384 valence electrons. The van der Waals surface area contributed by atoms with E-state index in [1.807, 2.05) is 0 Å². The van der Waals surface area contributed by atoms with Gasteiger partial charge in [-0.2, -0.15) is 0 Å². The molecule has 0 fully saturated rings. The molecular weight excluding hydrogens is 841 g/mol. The molecule has 0 N–H and O–H groups in total. The molecule has 0 aromatic heterocycles. The summed E-state index contributed by atoms with van der Waals surface area (Å²) in [6, 6.07) is 0. The third-order valence-corrected chi connectivity index (χ3v) is 11.2. The normalized spacial score (nSPS) is 13.0. The number of ether oxygens (including phenoxy) is 3. The van der Waals surface area contributed by atoms with Crippen LogP contribution >= 0.6 is 0 Å². The molecule has 68 heavy (non-hydrogen) atoms. The molecule has 0 rings (SSSR count). The molecule has 0 aliphatic carbocycles. The van der Waals surface area contributed by atoms with Crippen LogP contribution in [-0.4, -0.2) is 37.2 Å². The number of rotatable bonds is 48. The molecule has 1 unspecified atom stereocenters. The first-order valence-corrected chi connectivity index (χ1v) is 27.5.